The van der Waals surface area contributed by atoms with Crippen LogP contribution in [0.3, 0.4) is 0 Å². The van der Waals surface area contributed by atoms with Crippen LogP contribution in [0.5, 0.6) is 0 Å². The van der Waals surface area contributed by atoms with Crippen LogP contribution in [-0.2, 0) is 4.79 Å². The number of carbonyl (C=O) groups is 1. The minimum atomic E-state index is -0.113. The summed E-state index contributed by atoms with van der Waals surface area (Å²) in [5, 5.41) is 11.3. The second-order valence-corrected chi connectivity index (χ2v) is 2.87. The van der Waals surface area contributed by atoms with Crippen LogP contribution in [0.15, 0.2) is 24.3 Å². The number of carbonyl (C=O) groups excluding carboxylic acids is 1. The molecular weight excluding hydrogens is 188 g/mol. The van der Waals surface area contributed by atoms with E-state index in [0.717, 1.165) is 0 Å². The van der Waals surface area contributed by atoms with Gasteiger partial charge in [0.15, 0.2) is 0 Å². The summed E-state index contributed by atoms with van der Waals surface area (Å²) in [6, 6.07) is 9.16. The van der Waals surface area contributed by atoms with Gasteiger partial charge in [-0.05, 0) is 12.1 Å². The first-order valence-electron chi connectivity index (χ1n) is 4.46. The first-order chi connectivity index (χ1) is 7.24. The Kier molecular flexibility index (Phi) is 3.94. The van der Waals surface area contributed by atoms with Crippen molar-refractivity contribution >= 4 is 5.91 Å². The summed E-state index contributed by atoms with van der Waals surface area (Å²) >= 11 is 0. The normalized spacial score (nSPS) is 8.27. The van der Waals surface area contributed by atoms with E-state index >= 15 is 0 Å². The molecule has 3 heteroatoms. The lowest BCUT2D eigenvalue weighted by Crippen LogP contribution is -2.19. The fourth-order valence-corrected chi connectivity index (χ4v) is 0.998. The topological polar surface area (TPSA) is 52.9 Å². The van der Waals surface area contributed by atoms with E-state index in [9.17, 15) is 4.79 Å². The molecule has 15 heavy (non-hydrogen) atoms. The fraction of sp³-hybridized carbons (Fsp3) is 0.167. The Bertz CT molecular complexity index is 460. The maximum absolute atomic E-state index is 10.5. The van der Waals surface area contributed by atoms with Crippen LogP contribution < -0.4 is 5.32 Å². The number of nitrogens with one attached hydrogen (secondary N) is 1. The summed E-state index contributed by atoms with van der Waals surface area (Å²) in [5.41, 5.74) is 1.23. The molecule has 0 radical (unpaired) electrons. The molecule has 0 unspecified atom stereocenters. The summed E-state index contributed by atoms with van der Waals surface area (Å²) in [4.78, 5) is 10.5. The summed E-state index contributed by atoms with van der Waals surface area (Å²) < 4.78 is 0. The van der Waals surface area contributed by atoms with Crippen LogP contribution >= 0.6 is 0 Å². The van der Waals surface area contributed by atoms with Crippen LogP contribution in [0.2, 0.25) is 0 Å². The standard InChI is InChI=1S/C12H10N2O/c1-10(15)14-8-4-7-11-5-2-3-6-12(11)9-13/h2-3,5-6H,8H2,1H3,(H,14,15). The van der Waals surface area contributed by atoms with Crippen molar-refractivity contribution in [1.82, 2.24) is 5.32 Å². The number of rotatable bonds is 1. The van der Waals surface area contributed by atoms with E-state index in [4.69, 9.17) is 5.26 Å². The predicted molar refractivity (Wildman–Crippen MR) is 56.7 cm³/mol. The zero-order valence-corrected chi connectivity index (χ0v) is 8.37. The highest BCUT2D eigenvalue weighted by Crippen LogP contribution is 2.04. The van der Waals surface area contributed by atoms with Crippen molar-refractivity contribution < 1.29 is 4.79 Å². The van der Waals surface area contributed by atoms with Crippen LogP contribution in [0, 0.1) is 23.2 Å². The third kappa shape index (κ3) is 3.54. The van der Waals surface area contributed by atoms with Crippen molar-refractivity contribution in [3.8, 4) is 17.9 Å². The van der Waals surface area contributed by atoms with Gasteiger partial charge >= 0.3 is 0 Å². The Morgan fingerprint density at radius 1 is 1.40 bits per heavy atom. The van der Waals surface area contributed by atoms with E-state index < -0.39 is 0 Å². The average Bonchev–Trinajstić information content (AvgIpc) is 2.24. The van der Waals surface area contributed by atoms with Crippen LogP contribution in [-0.4, -0.2) is 12.5 Å². The number of hydrogen-bond acceptors (Lipinski definition) is 2. The fourth-order valence-electron chi connectivity index (χ4n) is 0.998. The van der Waals surface area contributed by atoms with Gasteiger partial charge in [0.2, 0.25) is 5.91 Å². The van der Waals surface area contributed by atoms with Crippen molar-refractivity contribution in [3.05, 3.63) is 35.4 Å². The van der Waals surface area contributed by atoms with Crippen molar-refractivity contribution in [2.45, 2.75) is 6.92 Å². The molecule has 0 saturated carbocycles. The molecule has 0 aliphatic rings. The molecule has 1 N–H and O–H groups in total. The Morgan fingerprint density at radius 2 is 2.07 bits per heavy atom. The third-order valence-electron chi connectivity index (χ3n) is 1.70. The van der Waals surface area contributed by atoms with E-state index in [1.165, 1.54) is 6.92 Å². The number of nitriles is 1. The molecule has 0 bridgehead atoms. The lowest BCUT2D eigenvalue weighted by molar-refractivity contribution is -0.118. The van der Waals surface area contributed by atoms with Crippen molar-refractivity contribution in [2.24, 2.45) is 0 Å². The minimum absolute atomic E-state index is 0.113. The van der Waals surface area contributed by atoms with Gasteiger partial charge in [0.25, 0.3) is 0 Å². The zero-order chi connectivity index (χ0) is 11.1. The Balaban J connectivity index is 2.72. The molecule has 0 atom stereocenters. The number of benzene rings is 1. The van der Waals surface area contributed by atoms with Gasteiger partial charge in [-0.1, -0.05) is 24.0 Å². The quantitative estimate of drug-likeness (QED) is 0.685. The number of nitrogens with zero attached hydrogens (tertiary/aromatic N) is 1. The zero-order valence-electron chi connectivity index (χ0n) is 8.37. The molecule has 3 nitrogen and oxygen atoms in total. The third-order valence-corrected chi connectivity index (χ3v) is 1.70. The molecule has 1 rings (SSSR count). The summed E-state index contributed by atoms with van der Waals surface area (Å²) in [6.07, 6.45) is 0. The second-order valence-electron chi connectivity index (χ2n) is 2.87. The molecule has 0 aliphatic heterocycles. The van der Waals surface area contributed by atoms with Gasteiger partial charge in [-0.2, -0.15) is 5.26 Å². The first-order valence-corrected chi connectivity index (χ1v) is 4.46. The van der Waals surface area contributed by atoms with E-state index in [1.54, 1.807) is 18.2 Å². The monoisotopic (exact) mass is 198 g/mol. The maximum atomic E-state index is 10.5. The molecule has 1 aromatic carbocycles. The first kappa shape index (κ1) is 10.8. The van der Waals surface area contributed by atoms with Crippen LogP contribution in [0.1, 0.15) is 18.1 Å². The Hall–Kier alpha value is -2.26. The van der Waals surface area contributed by atoms with Crippen molar-refractivity contribution in [1.29, 1.82) is 5.26 Å². The molecule has 0 aliphatic carbocycles. The lowest BCUT2D eigenvalue weighted by Gasteiger charge is -1.93. The van der Waals surface area contributed by atoms with Gasteiger partial charge in [0.1, 0.15) is 6.07 Å². The molecule has 74 valence electrons. The number of amides is 1. The van der Waals surface area contributed by atoms with Gasteiger partial charge in [-0.25, -0.2) is 0 Å². The molecule has 0 aromatic heterocycles. The Morgan fingerprint density at radius 3 is 2.67 bits per heavy atom. The molecule has 1 amide bonds. The summed E-state index contributed by atoms with van der Waals surface area (Å²) in [6.45, 7) is 1.74. The van der Waals surface area contributed by atoms with Crippen LogP contribution in [0.25, 0.3) is 0 Å². The molecular formula is C12H10N2O. The van der Waals surface area contributed by atoms with Gasteiger partial charge < -0.3 is 5.32 Å². The van der Waals surface area contributed by atoms with Crippen molar-refractivity contribution in [3.63, 3.8) is 0 Å². The van der Waals surface area contributed by atoms with Gasteiger partial charge in [-0.3, -0.25) is 4.79 Å². The van der Waals surface area contributed by atoms with E-state index in [2.05, 4.69) is 23.2 Å². The second kappa shape index (κ2) is 5.47. The van der Waals surface area contributed by atoms with E-state index in [-0.39, 0.29) is 5.91 Å². The molecule has 1 aromatic rings. The minimum Gasteiger partial charge on any atom is -0.345 e. The highest BCUT2D eigenvalue weighted by atomic mass is 16.1. The molecule has 0 saturated heterocycles. The highest BCUT2D eigenvalue weighted by Gasteiger charge is 1.94. The molecule has 0 heterocycles. The number of hydrogen-bond donors (Lipinski definition) is 1. The van der Waals surface area contributed by atoms with E-state index in [1.807, 2.05) is 6.07 Å². The van der Waals surface area contributed by atoms with Gasteiger partial charge in [0, 0.05) is 12.5 Å². The smallest absolute Gasteiger partial charge is 0.217 e. The molecule has 0 spiro atoms. The van der Waals surface area contributed by atoms with Gasteiger partial charge in [0.05, 0.1) is 12.1 Å². The SMILES string of the molecule is CC(=O)NCC#Cc1ccccc1C#N. The Labute approximate surface area is 88.7 Å². The molecule has 0 fully saturated rings. The summed E-state index contributed by atoms with van der Waals surface area (Å²) in [5.74, 6) is 5.49. The predicted octanol–water partition coefficient (Wildman–Crippen LogP) is 1.05. The van der Waals surface area contributed by atoms with Crippen molar-refractivity contribution in [2.75, 3.05) is 6.54 Å². The van der Waals surface area contributed by atoms with Crippen LogP contribution in [0.4, 0.5) is 0 Å². The largest absolute Gasteiger partial charge is 0.345 e. The average molecular weight is 198 g/mol. The van der Waals surface area contributed by atoms with E-state index in [0.29, 0.717) is 17.7 Å². The lowest BCUT2D eigenvalue weighted by atomic mass is 10.1. The van der Waals surface area contributed by atoms with Gasteiger partial charge in [-0.15, -0.1) is 0 Å². The maximum Gasteiger partial charge on any atom is 0.217 e. The summed E-state index contributed by atoms with van der Waals surface area (Å²) in [7, 11) is 0. The highest BCUT2D eigenvalue weighted by molar-refractivity contribution is 5.73.